The Morgan fingerprint density at radius 2 is 1.88 bits per heavy atom. The van der Waals surface area contributed by atoms with Gasteiger partial charge in [-0.15, -0.1) is 0 Å². The fourth-order valence-electron chi connectivity index (χ4n) is 4.56. The van der Waals surface area contributed by atoms with Crippen molar-refractivity contribution < 1.29 is 4.79 Å². The number of nitrogens with one attached hydrogen (secondary N) is 1. The minimum atomic E-state index is -0.0179. The summed E-state index contributed by atoms with van der Waals surface area (Å²) in [5.74, 6) is 0. The van der Waals surface area contributed by atoms with Crippen LogP contribution in [0.2, 0.25) is 5.02 Å². The molecule has 2 aromatic carbocycles. The number of rotatable bonds is 7. The van der Waals surface area contributed by atoms with Crippen molar-refractivity contribution in [2.24, 2.45) is 0 Å². The molecule has 1 N–H and O–H groups in total. The minimum absolute atomic E-state index is 0.0179. The van der Waals surface area contributed by atoms with Crippen LogP contribution in [-0.2, 0) is 19.5 Å². The molecular formula is C27H32ClN3O. The highest BCUT2D eigenvalue weighted by Crippen LogP contribution is 2.26. The zero-order chi connectivity index (χ0) is 22.3. The van der Waals surface area contributed by atoms with Crippen molar-refractivity contribution in [2.75, 3.05) is 5.32 Å². The molecule has 0 radical (unpaired) electrons. The van der Waals surface area contributed by atoms with Crippen LogP contribution in [0.1, 0.15) is 55.8 Å². The highest BCUT2D eigenvalue weighted by atomic mass is 35.5. The summed E-state index contributed by atoms with van der Waals surface area (Å²) < 4.78 is 2.20. The second-order valence-electron chi connectivity index (χ2n) is 8.62. The maximum Gasteiger partial charge on any atom is 0.322 e. The monoisotopic (exact) mass is 449 g/mol. The van der Waals surface area contributed by atoms with Gasteiger partial charge in [-0.3, -0.25) is 0 Å². The highest BCUT2D eigenvalue weighted by molar-refractivity contribution is 6.31. The summed E-state index contributed by atoms with van der Waals surface area (Å²) in [6, 6.07) is 20.5. The lowest BCUT2D eigenvalue weighted by Gasteiger charge is -2.34. The molecule has 0 atom stereocenters. The molecular weight excluding hydrogens is 418 g/mol. The summed E-state index contributed by atoms with van der Waals surface area (Å²) in [5.41, 5.74) is 4.28. The van der Waals surface area contributed by atoms with Gasteiger partial charge in [0.2, 0.25) is 0 Å². The lowest BCUT2D eigenvalue weighted by atomic mass is 9.94. The first kappa shape index (κ1) is 22.5. The highest BCUT2D eigenvalue weighted by Gasteiger charge is 2.26. The molecule has 1 saturated carbocycles. The van der Waals surface area contributed by atoms with Gasteiger partial charge in [-0.05, 0) is 60.7 Å². The van der Waals surface area contributed by atoms with Gasteiger partial charge in [0.05, 0.1) is 6.54 Å². The van der Waals surface area contributed by atoms with Gasteiger partial charge in [0.15, 0.2) is 0 Å². The van der Waals surface area contributed by atoms with Gasteiger partial charge in [0.25, 0.3) is 0 Å². The van der Waals surface area contributed by atoms with Crippen LogP contribution in [0.4, 0.5) is 10.5 Å². The number of carbonyl (C=O) groups is 1. The Morgan fingerprint density at radius 3 is 2.66 bits per heavy atom. The third-order valence-corrected chi connectivity index (χ3v) is 6.79. The maximum absolute atomic E-state index is 13.4. The lowest BCUT2D eigenvalue weighted by Crippen LogP contribution is -2.43. The Morgan fingerprint density at radius 1 is 1.06 bits per heavy atom. The van der Waals surface area contributed by atoms with E-state index >= 15 is 0 Å². The quantitative estimate of drug-likeness (QED) is 0.409. The molecule has 1 aliphatic rings. The average Bonchev–Trinajstić information content (AvgIpc) is 3.26. The Balaban J connectivity index is 1.54. The van der Waals surface area contributed by atoms with Gasteiger partial charge in [0.1, 0.15) is 0 Å². The minimum Gasteiger partial charge on any atom is -0.345 e. The number of anilines is 1. The summed E-state index contributed by atoms with van der Waals surface area (Å²) in [6.45, 7) is 3.41. The SMILES string of the molecule is CCc1cccc(NC(=O)N(Cc2cccn2Cc2ccccc2Cl)C2CCCCC2)c1. The summed E-state index contributed by atoms with van der Waals surface area (Å²) in [6.07, 6.45) is 8.77. The van der Waals surface area contributed by atoms with Crippen molar-refractivity contribution in [3.8, 4) is 0 Å². The van der Waals surface area contributed by atoms with E-state index < -0.39 is 0 Å². The molecule has 4 rings (SSSR count). The summed E-state index contributed by atoms with van der Waals surface area (Å²) in [4.78, 5) is 15.5. The van der Waals surface area contributed by atoms with E-state index in [-0.39, 0.29) is 12.1 Å². The van der Waals surface area contributed by atoms with Crippen LogP contribution < -0.4 is 5.32 Å². The van der Waals surface area contributed by atoms with Crippen molar-refractivity contribution >= 4 is 23.3 Å². The average molecular weight is 450 g/mol. The van der Waals surface area contributed by atoms with E-state index in [0.717, 1.165) is 41.2 Å². The molecule has 0 bridgehead atoms. The third kappa shape index (κ3) is 5.55. The predicted molar refractivity (Wildman–Crippen MR) is 132 cm³/mol. The standard InChI is InChI=1S/C27H32ClN3O/c1-2-21-10-8-12-23(18-21)29-27(32)31(24-13-4-3-5-14-24)20-25-15-9-17-30(25)19-22-11-6-7-16-26(22)28/h6-12,15-18,24H,2-5,13-14,19-20H2,1H3,(H,29,32). The van der Waals surface area contributed by atoms with Gasteiger partial charge in [-0.25, -0.2) is 4.79 Å². The van der Waals surface area contributed by atoms with Crippen LogP contribution >= 0.6 is 11.6 Å². The van der Waals surface area contributed by atoms with E-state index in [2.05, 4.69) is 47.3 Å². The second kappa shape index (κ2) is 10.7. The van der Waals surface area contributed by atoms with Gasteiger partial charge in [-0.2, -0.15) is 0 Å². The number of amides is 2. The number of carbonyl (C=O) groups excluding carboxylic acids is 1. The zero-order valence-corrected chi connectivity index (χ0v) is 19.5. The largest absolute Gasteiger partial charge is 0.345 e. The van der Waals surface area contributed by atoms with E-state index in [4.69, 9.17) is 11.6 Å². The van der Waals surface area contributed by atoms with E-state index in [1.54, 1.807) is 0 Å². The number of nitrogens with zero attached hydrogens (tertiary/aromatic N) is 2. The Hall–Kier alpha value is -2.72. The molecule has 32 heavy (non-hydrogen) atoms. The van der Waals surface area contributed by atoms with E-state index in [9.17, 15) is 4.79 Å². The number of aromatic nitrogens is 1. The molecule has 1 aromatic heterocycles. The molecule has 4 nitrogen and oxygen atoms in total. The van der Waals surface area contributed by atoms with Gasteiger partial charge < -0.3 is 14.8 Å². The van der Waals surface area contributed by atoms with Crippen molar-refractivity contribution in [1.82, 2.24) is 9.47 Å². The Kier molecular flexibility index (Phi) is 7.54. The number of benzene rings is 2. The molecule has 168 valence electrons. The fourth-order valence-corrected chi connectivity index (χ4v) is 4.75. The molecule has 0 saturated heterocycles. The molecule has 0 aliphatic heterocycles. The summed E-state index contributed by atoms with van der Waals surface area (Å²) in [5, 5.41) is 3.93. The van der Waals surface area contributed by atoms with Crippen molar-refractivity contribution in [3.63, 3.8) is 0 Å². The molecule has 0 spiro atoms. The lowest BCUT2D eigenvalue weighted by molar-refractivity contribution is 0.161. The molecule has 3 aromatic rings. The van der Waals surface area contributed by atoms with Crippen molar-refractivity contribution in [2.45, 2.75) is 64.6 Å². The number of halogens is 1. The Labute approximate surface area is 196 Å². The molecule has 1 fully saturated rings. The topological polar surface area (TPSA) is 37.3 Å². The fraction of sp³-hybridized carbons (Fsp3) is 0.370. The zero-order valence-electron chi connectivity index (χ0n) is 18.8. The van der Waals surface area contributed by atoms with Crippen molar-refractivity contribution in [1.29, 1.82) is 0 Å². The second-order valence-corrected chi connectivity index (χ2v) is 9.03. The smallest absolute Gasteiger partial charge is 0.322 e. The molecule has 1 aliphatic carbocycles. The van der Waals surface area contributed by atoms with Crippen LogP contribution in [0, 0.1) is 0 Å². The Bertz CT molecular complexity index is 1040. The first-order valence-corrected chi connectivity index (χ1v) is 12.1. The predicted octanol–water partition coefficient (Wildman–Crippen LogP) is 7.12. The van der Waals surface area contributed by atoms with Crippen LogP contribution in [0.15, 0.2) is 66.9 Å². The maximum atomic E-state index is 13.4. The van der Waals surface area contributed by atoms with Gasteiger partial charge in [0, 0.05) is 35.2 Å². The summed E-state index contributed by atoms with van der Waals surface area (Å²) >= 11 is 6.40. The van der Waals surface area contributed by atoms with Crippen LogP contribution in [0.3, 0.4) is 0 Å². The number of hydrogen-bond acceptors (Lipinski definition) is 1. The summed E-state index contributed by atoms with van der Waals surface area (Å²) in [7, 11) is 0. The van der Waals surface area contributed by atoms with Gasteiger partial charge >= 0.3 is 6.03 Å². The molecule has 1 heterocycles. The number of hydrogen-bond donors (Lipinski definition) is 1. The number of urea groups is 1. The molecule has 2 amide bonds. The van der Waals surface area contributed by atoms with Gasteiger partial charge in [-0.1, -0.05) is 68.1 Å². The first-order chi connectivity index (χ1) is 15.6. The third-order valence-electron chi connectivity index (χ3n) is 6.42. The molecule has 0 unspecified atom stereocenters. The van der Waals surface area contributed by atoms with E-state index in [1.807, 2.05) is 41.3 Å². The normalized spacial score (nSPS) is 14.3. The van der Waals surface area contributed by atoms with Crippen LogP contribution in [-0.4, -0.2) is 21.5 Å². The van der Waals surface area contributed by atoms with E-state index in [1.165, 1.54) is 24.8 Å². The van der Waals surface area contributed by atoms with E-state index in [0.29, 0.717) is 13.1 Å². The van der Waals surface area contributed by atoms with Crippen molar-refractivity contribution in [3.05, 3.63) is 88.7 Å². The number of aryl methyl sites for hydroxylation is 1. The van der Waals surface area contributed by atoms with Crippen LogP contribution in [0.25, 0.3) is 0 Å². The first-order valence-electron chi connectivity index (χ1n) is 11.7. The van der Waals surface area contributed by atoms with Crippen LogP contribution in [0.5, 0.6) is 0 Å². The molecule has 5 heteroatoms.